The van der Waals surface area contributed by atoms with Gasteiger partial charge in [-0.25, -0.2) is 0 Å². The van der Waals surface area contributed by atoms with Crippen molar-refractivity contribution >= 4 is 11.8 Å². The molecule has 2 heterocycles. The fourth-order valence-corrected chi connectivity index (χ4v) is 1.51. The van der Waals surface area contributed by atoms with Gasteiger partial charge in [-0.3, -0.25) is 4.98 Å². The molecule has 0 bridgehead atoms. The Morgan fingerprint density at radius 3 is 2.87 bits per heavy atom. The molecule has 0 N–H and O–H groups in total. The predicted molar refractivity (Wildman–Crippen MR) is 58.5 cm³/mol. The van der Waals surface area contributed by atoms with Crippen LogP contribution >= 0.6 is 11.8 Å². The van der Waals surface area contributed by atoms with Crippen LogP contribution in [-0.2, 0) is 0 Å². The number of rotatable bonds is 4. The molecule has 0 aromatic carbocycles. The van der Waals surface area contributed by atoms with Gasteiger partial charge in [0.05, 0.1) is 0 Å². The minimum Gasteiger partial charge on any atom is -0.411 e. The Labute approximate surface area is 91.4 Å². The third-order valence-electron chi connectivity index (χ3n) is 1.66. The Morgan fingerprint density at radius 2 is 2.13 bits per heavy atom. The normalized spacial score (nSPS) is 10.1. The monoisotopic (exact) mass is 219 g/mol. The van der Waals surface area contributed by atoms with Crippen molar-refractivity contribution in [2.45, 2.75) is 5.22 Å². The van der Waals surface area contributed by atoms with Gasteiger partial charge in [-0.2, -0.15) is 0 Å². The van der Waals surface area contributed by atoms with Crippen molar-refractivity contribution in [3.8, 4) is 11.5 Å². The van der Waals surface area contributed by atoms with Gasteiger partial charge in [0.15, 0.2) is 0 Å². The third kappa shape index (κ3) is 2.44. The molecular formula is C10H9N3OS. The average Bonchev–Trinajstić information content (AvgIpc) is 2.76. The summed E-state index contributed by atoms with van der Waals surface area (Å²) < 4.78 is 5.44. The first-order valence-corrected chi connectivity index (χ1v) is 5.36. The second-order valence-corrected chi connectivity index (χ2v) is 3.68. The van der Waals surface area contributed by atoms with Crippen molar-refractivity contribution in [2.75, 3.05) is 5.75 Å². The molecule has 2 aromatic rings. The van der Waals surface area contributed by atoms with E-state index in [-0.39, 0.29) is 0 Å². The number of hydrogen-bond acceptors (Lipinski definition) is 5. The second kappa shape index (κ2) is 4.75. The molecule has 0 saturated heterocycles. The highest BCUT2D eigenvalue weighted by molar-refractivity contribution is 7.99. The highest BCUT2D eigenvalue weighted by atomic mass is 32.2. The van der Waals surface area contributed by atoms with Crippen molar-refractivity contribution in [1.82, 2.24) is 15.2 Å². The molecule has 0 spiro atoms. The van der Waals surface area contributed by atoms with Gasteiger partial charge in [0.2, 0.25) is 5.89 Å². The molecule has 0 aliphatic rings. The molecule has 76 valence electrons. The molecular weight excluding hydrogens is 210 g/mol. The van der Waals surface area contributed by atoms with E-state index in [9.17, 15) is 0 Å². The summed E-state index contributed by atoms with van der Waals surface area (Å²) in [5.74, 6) is 1.28. The van der Waals surface area contributed by atoms with Gasteiger partial charge < -0.3 is 4.42 Å². The lowest BCUT2D eigenvalue weighted by atomic mass is 10.3. The zero-order valence-corrected chi connectivity index (χ0v) is 8.78. The first-order chi connectivity index (χ1) is 7.40. The summed E-state index contributed by atoms with van der Waals surface area (Å²) in [6, 6.07) is 3.66. The molecule has 2 rings (SSSR count). The van der Waals surface area contributed by atoms with E-state index in [2.05, 4.69) is 21.8 Å². The molecule has 0 fully saturated rings. The topological polar surface area (TPSA) is 51.8 Å². The number of aromatic nitrogens is 3. The van der Waals surface area contributed by atoms with E-state index >= 15 is 0 Å². The van der Waals surface area contributed by atoms with Crippen LogP contribution in [-0.4, -0.2) is 20.9 Å². The van der Waals surface area contributed by atoms with E-state index in [1.807, 2.05) is 12.1 Å². The van der Waals surface area contributed by atoms with E-state index in [1.54, 1.807) is 18.5 Å². The molecule has 0 atom stereocenters. The standard InChI is InChI=1S/C10H9N3OS/c1-2-7-15-10-13-12-9(14-10)8-3-5-11-6-4-8/h2-6H,1,7H2. The third-order valence-corrected chi connectivity index (χ3v) is 2.47. The van der Waals surface area contributed by atoms with Crippen molar-refractivity contribution < 1.29 is 4.42 Å². The number of thioether (sulfide) groups is 1. The summed E-state index contributed by atoms with van der Waals surface area (Å²) in [5, 5.41) is 8.41. The lowest BCUT2D eigenvalue weighted by molar-refractivity contribution is 0.466. The zero-order valence-electron chi connectivity index (χ0n) is 7.96. The highest BCUT2D eigenvalue weighted by Crippen LogP contribution is 2.22. The summed E-state index contributed by atoms with van der Waals surface area (Å²) in [6.45, 7) is 3.62. The summed E-state index contributed by atoms with van der Waals surface area (Å²) in [7, 11) is 0. The van der Waals surface area contributed by atoms with E-state index in [0.717, 1.165) is 11.3 Å². The van der Waals surface area contributed by atoms with Crippen molar-refractivity contribution in [1.29, 1.82) is 0 Å². The Hall–Kier alpha value is -1.62. The van der Waals surface area contributed by atoms with Crippen molar-refractivity contribution in [2.24, 2.45) is 0 Å². The van der Waals surface area contributed by atoms with E-state index < -0.39 is 0 Å². The number of hydrogen-bond donors (Lipinski definition) is 0. The van der Waals surface area contributed by atoms with Gasteiger partial charge in [-0.05, 0) is 12.1 Å². The molecule has 0 amide bonds. The first-order valence-electron chi connectivity index (χ1n) is 4.38. The summed E-state index contributed by atoms with van der Waals surface area (Å²) >= 11 is 1.46. The van der Waals surface area contributed by atoms with E-state index in [4.69, 9.17) is 4.42 Å². The molecule has 5 heteroatoms. The lowest BCUT2D eigenvalue weighted by Crippen LogP contribution is -1.77. The predicted octanol–water partition coefficient (Wildman–Crippen LogP) is 2.41. The minimum absolute atomic E-state index is 0.518. The fourth-order valence-electron chi connectivity index (χ4n) is 1.01. The van der Waals surface area contributed by atoms with Gasteiger partial charge in [-0.1, -0.05) is 17.8 Å². The average molecular weight is 219 g/mol. The van der Waals surface area contributed by atoms with Crippen LogP contribution < -0.4 is 0 Å². The Morgan fingerprint density at radius 1 is 1.33 bits per heavy atom. The lowest BCUT2D eigenvalue weighted by Gasteiger charge is -1.91. The van der Waals surface area contributed by atoms with Crippen LogP contribution in [0.2, 0.25) is 0 Å². The summed E-state index contributed by atoms with van der Waals surface area (Å²) in [5.41, 5.74) is 0.878. The van der Waals surface area contributed by atoms with Gasteiger partial charge in [0.1, 0.15) is 0 Å². The fraction of sp³-hybridized carbons (Fsp3) is 0.100. The van der Waals surface area contributed by atoms with Crippen LogP contribution in [0.5, 0.6) is 0 Å². The number of nitrogens with zero attached hydrogens (tertiary/aromatic N) is 3. The molecule has 2 aromatic heterocycles. The highest BCUT2D eigenvalue weighted by Gasteiger charge is 2.07. The van der Waals surface area contributed by atoms with Gasteiger partial charge in [0.25, 0.3) is 5.22 Å². The largest absolute Gasteiger partial charge is 0.411 e. The maximum atomic E-state index is 5.44. The van der Waals surface area contributed by atoms with Crippen LogP contribution in [0, 0.1) is 0 Å². The minimum atomic E-state index is 0.518. The first kappa shape index (κ1) is 9.92. The summed E-state index contributed by atoms with van der Waals surface area (Å²) in [4.78, 5) is 3.92. The second-order valence-electron chi connectivity index (χ2n) is 2.71. The zero-order chi connectivity index (χ0) is 10.5. The van der Waals surface area contributed by atoms with Crippen molar-refractivity contribution in [3.63, 3.8) is 0 Å². The van der Waals surface area contributed by atoms with Crippen LogP contribution in [0.15, 0.2) is 46.8 Å². The quantitative estimate of drug-likeness (QED) is 0.583. The molecule has 0 radical (unpaired) electrons. The smallest absolute Gasteiger partial charge is 0.277 e. The molecule has 0 unspecified atom stereocenters. The molecule has 0 aliphatic heterocycles. The molecule has 0 saturated carbocycles. The van der Waals surface area contributed by atoms with Crippen LogP contribution in [0.3, 0.4) is 0 Å². The molecule has 4 nitrogen and oxygen atoms in total. The van der Waals surface area contributed by atoms with Crippen molar-refractivity contribution in [3.05, 3.63) is 37.2 Å². The van der Waals surface area contributed by atoms with E-state index in [1.165, 1.54) is 11.8 Å². The van der Waals surface area contributed by atoms with E-state index in [0.29, 0.717) is 11.1 Å². The SMILES string of the molecule is C=CCSc1nnc(-c2ccncc2)o1. The van der Waals surface area contributed by atoms with Gasteiger partial charge in [-0.15, -0.1) is 16.8 Å². The van der Waals surface area contributed by atoms with Crippen LogP contribution in [0.1, 0.15) is 0 Å². The maximum absolute atomic E-state index is 5.44. The van der Waals surface area contributed by atoms with Gasteiger partial charge >= 0.3 is 0 Å². The van der Waals surface area contributed by atoms with Crippen LogP contribution in [0.25, 0.3) is 11.5 Å². The van der Waals surface area contributed by atoms with Gasteiger partial charge in [0, 0.05) is 23.7 Å². The Kier molecular flexibility index (Phi) is 3.14. The van der Waals surface area contributed by atoms with Crippen LogP contribution in [0.4, 0.5) is 0 Å². The molecule has 15 heavy (non-hydrogen) atoms. The molecule has 0 aliphatic carbocycles. The Balaban J connectivity index is 2.17. The number of pyridine rings is 1. The summed E-state index contributed by atoms with van der Waals surface area (Å²) in [6.07, 6.45) is 5.17. The maximum Gasteiger partial charge on any atom is 0.277 e. The Bertz CT molecular complexity index is 441.